The normalized spacial score (nSPS) is 16.7. The van der Waals surface area contributed by atoms with Gasteiger partial charge in [-0.2, -0.15) is 0 Å². The smallest absolute Gasteiger partial charge is 0.262 e. The van der Waals surface area contributed by atoms with Crippen LogP contribution in [0.2, 0.25) is 0 Å². The van der Waals surface area contributed by atoms with Gasteiger partial charge in [0.2, 0.25) is 0 Å². The first-order chi connectivity index (χ1) is 10.7. The van der Waals surface area contributed by atoms with E-state index in [0.29, 0.717) is 5.75 Å². The molecular formula is C18H19NO3. The van der Waals surface area contributed by atoms with E-state index in [-0.39, 0.29) is 12.5 Å². The summed E-state index contributed by atoms with van der Waals surface area (Å²) in [6.45, 7) is -0.0402. The van der Waals surface area contributed by atoms with Crippen LogP contribution >= 0.6 is 0 Å². The third-order valence-corrected chi connectivity index (χ3v) is 3.85. The molecule has 3 rings (SSSR count). The summed E-state index contributed by atoms with van der Waals surface area (Å²) in [7, 11) is 0. The molecule has 1 aliphatic rings. The molecule has 0 bridgehead atoms. The number of rotatable bonds is 4. The van der Waals surface area contributed by atoms with Gasteiger partial charge >= 0.3 is 0 Å². The predicted molar refractivity (Wildman–Crippen MR) is 84.9 cm³/mol. The highest BCUT2D eigenvalue weighted by Crippen LogP contribution is 2.35. The van der Waals surface area contributed by atoms with E-state index >= 15 is 0 Å². The molecule has 0 saturated heterocycles. The number of aliphatic hydroxyl groups excluding tert-OH is 1. The lowest BCUT2D eigenvalue weighted by Crippen LogP contribution is -2.21. The Balaban J connectivity index is 1.64. The van der Waals surface area contributed by atoms with Crippen molar-refractivity contribution in [2.75, 3.05) is 11.9 Å². The average molecular weight is 297 g/mol. The molecule has 0 saturated carbocycles. The molecule has 0 unspecified atom stereocenters. The van der Waals surface area contributed by atoms with Gasteiger partial charge in [-0.05, 0) is 48.6 Å². The summed E-state index contributed by atoms with van der Waals surface area (Å²) in [4.78, 5) is 11.9. The minimum atomic E-state index is -0.426. The Labute approximate surface area is 129 Å². The van der Waals surface area contributed by atoms with Gasteiger partial charge in [0.15, 0.2) is 6.61 Å². The van der Waals surface area contributed by atoms with E-state index < -0.39 is 6.10 Å². The second-order valence-electron chi connectivity index (χ2n) is 5.43. The number of nitrogens with one attached hydrogen (secondary N) is 1. The van der Waals surface area contributed by atoms with Crippen LogP contribution in [-0.2, 0) is 11.2 Å². The van der Waals surface area contributed by atoms with Crippen LogP contribution in [0.15, 0.2) is 48.5 Å². The lowest BCUT2D eigenvalue weighted by Gasteiger charge is -2.23. The number of hydrogen-bond acceptors (Lipinski definition) is 3. The minimum absolute atomic E-state index is 0.0402. The van der Waals surface area contributed by atoms with Gasteiger partial charge in [-0.25, -0.2) is 0 Å². The van der Waals surface area contributed by atoms with E-state index in [9.17, 15) is 9.90 Å². The van der Waals surface area contributed by atoms with Gasteiger partial charge in [0, 0.05) is 5.69 Å². The molecule has 1 amide bonds. The number of fused-ring (bicyclic) bond motifs is 1. The number of benzene rings is 2. The zero-order chi connectivity index (χ0) is 15.4. The fourth-order valence-electron chi connectivity index (χ4n) is 2.79. The van der Waals surface area contributed by atoms with Crippen LogP contribution in [0.25, 0.3) is 0 Å². The third-order valence-electron chi connectivity index (χ3n) is 3.85. The monoisotopic (exact) mass is 297 g/mol. The van der Waals surface area contributed by atoms with Crippen LogP contribution in [-0.4, -0.2) is 17.6 Å². The predicted octanol–water partition coefficient (Wildman–Crippen LogP) is 3.07. The van der Waals surface area contributed by atoms with Crippen molar-refractivity contribution in [3.8, 4) is 5.75 Å². The molecule has 1 aliphatic carbocycles. The van der Waals surface area contributed by atoms with Gasteiger partial charge < -0.3 is 15.2 Å². The Morgan fingerprint density at radius 2 is 2.00 bits per heavy atom. The SMILES string of the molecule is O=C(COc1cccc2c1CCC[C@H]2O)Nc1ccccc1. The van der Waals surface area contributed by atoms with Crippen molar-refractivity contribution in [3.05, 3.63) is 59.7 Å². The molecule has 22 heavy (non-hydrogen) atoms. The highest BCUT2D eigenvalue weighted by Gasteiger charge is 2.21. The summed E-state index contributed by atoms with van der Waals surface area (Å²) in [6.07, 6.45) is 2.17. The van der Waals surface area contributed by atoms with Gasteiger partial charge in [0.25, 0.3) is 5.91 Å². The highest BCUT2D eigenvalue weighted by molar-refractivity contribution is 5.91. The number of carbonyl (C=O) groups excluding carboxylic acids is 1. The molecule has 114 valence electrons. The van der Waals surface area contributed by atoms with Crippen molar-refractivity contribution in [1.82, 2.24) is 0 Å². The summed E-state index contributed by atoms with van der Waals surface area (Å²) >= 11 is 0. The molecule has 0 aromatic heterocycles. The number of amides is 1. The van der Waals surface area contributed by atoms with Crippen LogP contribution in [0, 0.1) is 0 Å². The van der Waals surface area contributed by atoms with E-state index in [0.717, 1.165) is 36.1 Å². The number of anilines is 1. The largest absolute Gasteiger partial charge is 0.483 e. The standard InChI is InChI=1S/C18H19NO3/c20-16-10-4-9-15-14(16)8-5-11-17(15)22-12-18(21)19-13-6-2-1-3-7-13/h1-3,5-8,11,16,20H,4,9-10,12H2,(H,19,21)/t16-/m1/s1. The van der Waals surface area contributed by atoms with Crippen molar-refractivity contribution in [2.45, 2.75) is 25.4 Å². The van der Waals surface area contributed by atoms with Gasteiger partial charge in [-0.3, -0.25) is 4.79 Å². The number of hydrogen-bond donors (Lipinski definition) is 2. The molecular weight excluding hydrogens is 278 g/mol. The fraction of sp³-hybridized carbons (Fsp3) is 0.278. The number of carbonyl (C=O) groups is 1. The highest BCUT2D eigenvalue weighted by atomic mass is 16.5. The molecule has 2 aromatic carbocycles. The molecule has 0 radical (unpaired) electrons. The first-order valence-corrected chi connectivity index (χ1v) is 7.51. The maximum Gasteiger partial charge on any atom is 0.262 e. The second-order valence-corrected chi connectivity index (χ2v) is 5.43. The Kier molecular flexibility index (Phi) is 4.39. The van der Waals surface area contributed by atoms with Crippen molar-refractivity contribution in [3.63, 3.8) is 0 Å². The van der Waals surface area contributed by atoms with E-state index in [2.05, 4.69) is 5.32 Å². The van der Waals surface area contributed by atoms with Crippen molar-refractivity contribution in [2.24, 2.45) is 0 Å². The molecule has 0 fully saturated rings. The zero-order valence-corrected chi connectivity index (χ0v) is 12.3. The topological polar surface area (TPSA) is 58.6 Å². The first-order valence-electron chi connectivity index (χ1n) is 7.51. The lowest BCUT2D eigenvalue weighted by atomic mass is 9.89. The van der Waals surface area contributed by atoms with Crippen LogP contribution in [0.1, 0.15) is 30.1 Å². The summed E-state index contributed by atoms with van der Waals surface area (Å²) in [5.41, 5.74) is 2.70. The summed E-state index contributed by atoms with van der Waals surface area (Å²) in [6, 6.07) is 14.9. The fourth-order valence-corrected chi connectivity index (χ4v) is 2.79. The molecule has 2 N–H and O–H groups in total. The molecule has 1 atom stereocenters. The Morgan fingerprint density at radius 3 is 2.82 bits per heavy atom. The quantitative estimate of drug-likeness (QED) is 0.912. The molecule has 0 heterocycles. The zero-order valence-electron chi connectivity index (χ0n) is 12.3. The summed E-state index contributed by atoms with van der Waals surface area (Å²) in [5, 5.41) is 12.8. The van der Waals surface area contributed by atoms with Crippen molar-refractivity contribution in [1.29, 1.82) is 0 Å². The van der Waals surface area contributed by atoms with Crippen LogP contribution in [0.3, 0.4) is 0 Å². The molecule has 0 spiro atoms. The number of para-hydroxylation sites is 1. The maximum atomic E-state index is 11.9. The van der Waals surface area contributed by atoms with Gasteiger partial charge in [0.05, 0.1) is 6.10 Å². The second kappa shape index (κ2) is 6.62. The molecule has 0 aliphatic heterocycles. The van der Waals surface area contributed by atoms with E-state index in [4.69, 9.17) is 4.74 Å². The molecule has 2 aromatic rings. The first kappa shape index (κ1) is 14.6. The van der Waals surface area contributed by atoms with Gasteiger partial charge in [-0.15, -0.1) is 0 Å². The Morgan fingerprint density at radius 1 is 1.18 bits per heavy atom. The minimum Gasteiger partial charge on any atom is -0.483 e. The lowest BCUT2D eigenvalue weighted by molar-refractivity contribution is -0.118. The van der Waals surface area contributed by atoms with Gasteiger partial charge in [-0.1, -0.05) is 30.3 Å². The maximum absolute atomic E-state index is 11.9. The van der Waals surface area contributed by atoms with Crippen LogP contribution in [0.5, 0.6) is 5.75 Å². The van der Waals surface area contributed by atoms with Crippen molar-refractivity contribution < 1.29 is 14.6 Å². The molecule has 4 heteroatoms. The van der Waals surface area contributed by atoms with E-state index in [1.807, 2.05) is 48.5 Å². The average Bonchev–Trinajstić information content (AvgIpc) is 2.54. The number of aliphatic hydroxyl groups is 1. The Hall–Kier alpha value is -2.33. The van der Waals surface area contributed by atoms with E-state index in [1.54, 1.807) is 0 Å². The van der Waals surface area contributed by atoms with Crippen LogP contribution < -0.4 is 10.1 Å². The van der Waals surface area contributed by atoms with Crippen molar-refractivity contribution >= 4 is 11.6 Å². The van der Waals surface area contributed by atoms with Crippen LogP contribution in [0.4, 0.5) is 5.69 Å². The molecule has 4 nitrogen and oxygen atoms in total. The van der Waals surface area contributed by atoms with E-state index in [1.165, 1.54) is 0 Å². The van der Waals surface area contributed by atoms with Gasteiger partial charge in [0.1, 0.15) is 5.75 Å². The Bertz CT molecular complexity index is 655. The third kappa shape index (κ3) is 3.28. The number of ether oxygens (including phenoxy) is 1. The summed E-state index contributed by atoms with van der Waals surface area (Å²) < 4.78 is 5.66. The summed E-state index contributed by atoms with van der Waals surface area (Å²) in [5.74, 6) is 0.500.